The topological polar surface area (TPSA) is 54.4 Å². The zero-order valence-electron chi connectivity index (χ0n) is 14.7. The quantitative estimate of drug-likeness (QED) is 0.333. The van der Waals surface area contributed by atoms with Crippen LogP contribution in [0.25, 0.3) is 0 Å². The molecule has 0 saturated heterocycles. The number of carbonyl (C=O) groups is 1. The number of nitrogens with zero attached hydrogens (tertiary/aromatic N) is 3. The molecule has 0 fully saturated rings. The van der Waals surface area contributed by atoms with Gasteiger partial charge in [-0.25, -0.2) is 4.79 Å². The molecule has 0 aliphatic heterocycles. The van der Waals surface area contributed by atoms with Crippen molar-refractivity contribution in [2.45, 2.75) is 13.3 Å². The van der Waals surface area contributed by atoms with Crippen molar-refractivity contribution in [3.63, 3.8) is 0 Å². The molecule has 0 atom stereocenters. The molecule has 0 saturated carbocycles. The van der Waals surface area contributed by atoms with E-state index in [9.17, 15) is 4.79 Å². The monoisotopic (exact) mass is 321 g/mol. The first-order chi connectivity index (χ1) is 11.0. The molecule has 23 heavy (non-hydrogen) atoms. The van der Waals surface area contributed by atoms with E-state index < -0.39 is 0 Å². The van der Waals surface area contributed by atoms with Gasteiger partial charge in [0.2, 0.25) is 0 Å². The summed E-state index contributed by atoms with van der Waals surface area (Å²) in [6.45, 7) is 3.44. The fraction of sp³-hybridized carbons (Fsp3) is 0.529. The number of rotatable bonds is 7. The molecule has 0 amide bonds. The molecular formula is C17H27N3O3. The van der Waals surface area contributed by atoms with Gasteiger partial charge < -0.3 is 19.3 Å². The van der Waals surface area contributed by atoms with Gasteiger partial charge in [0, 0.05) is 41.2 Å². The van der Waals surface area contributed by atoms with E-state index in [-0.39, 0.29) is 5.97 Å². The van der Waals surface area contributed by atoms with Gasteiger partial charge in [-0.3, -0.25) is 4.99 Å². The molecule has 0 aliphatic rings. The van der Waals surface area contributed by atoms with Crippen LogP contribution in [-0.2, 0) is 4.74 Å². The minimum Gasteiger partial charge on any atom is -0.494 e. The van der Waals surface area contributed by atoms with Crippen molar-refractivity contribution >= 4 is 11.9 Å². The van der Waals surface area contributed by atoms with Crippen LogP contribution in [0, 0.1) is 0 Å². The number of hydrogen-bond acceptors (Lipinski definition) is 4. The second-order valence-corrected chi connectivity index (χ2v) is 5.42. The molecule has 6 heteroatoms. The van der Waals surface area contributed by atoms with Crippen molar-refractivity contribution in [2.75, 3.05) is 47.9 Å². The van der Waals surface area contributed by atoms with Gasteiger partial charge in [-0.1, -0.05) is 0 Å². The number of benzene rings is 1. The summed E-state index contributed by atoms with van der Waals surface area (Å²) in [4.78, 5) is 20.0. The Balaban J connectivity index is 2.39. The number of carbonyl (C=O) groups excluding carboxylic acids is 1. The minimum absolute atomic E-state index is 0.312. The van der Waals surface area contributed by atoms with Gasteiger partial charge in [-0.05, 0) is 31.2 Å². The van der Waals surface area contributed by atoms with Crippen LogP contribution >= 0.6 is 0 Å². The highest BCUT2D eigenvalue weighted by Crippen LogP contribution is 2.13. The summed E-state index contributed by atoms with van der Waals surface area (Å²) in [6.07, 6.45) is 0.824. The second-order valence-electron chi connectivity index (χ2n) is 5.42. The lowest BCUT2D eigenvalue weighted by molar-refractivity contribution is 0.0526. The van der Waals surface area contributed by atoms with Crippen LogP contribution < -0.4 is 4.74 Å². The lowest BCUT2D eigenvalue weighted by atomic mass is 10.2. The zero-order valence-corrected chi connectivity index (χ0v) is 14.7. The summed E-state index contributed by atoms with van der Waals surface area (Å²) in [6, 6.07) is 6.98. The Morgan fingerprint density at radius 3 is 2.22 bits per heavy atom. The van der Waals surface area contributed by atoms with E-state index in [0.29, 0.717) is 25.3 Å². The Kier molecular flexibility index (Phi) is 7.94. The van der Waals surface area contributed by atoms with Gasteiger partial charge in [0.1, 0.15) is 5.75 Å². The molecular weight excluding hydrogens is 294 g/mol. The maximum absolute atomic E-state index is 11.5. The highest BCUT2D eigenvalue weighted by Gasteiger charge is 2.06. The average molecular weight is 321 g/mol. The summed E-state index contributed by atoms with van der Waals surface area (Å²) in [5.41, 5.74) is 0.533. The maximum Gasteiger partial charge on any atom is 0.338 e. The maximum atomic E-state index is 11.5. The summed E-state index contributed by atoms with van der Waals surface area (Å²) in [5.74, 6) is 1.36. The van der Waals surface area contributed by atoms with E-state index >= 15 is 0 Å². The van der Waals surface area contributed by atoms with Crippen LogP contribution in [0.1, 0.15) is 23.7 Å². The molecule has 1 aromatic rings. The van der Waals surface area contributed by atoms with Crippen molar-refractivity contribution in [3.8, 4) is 5.75 Å². The van der Waals surface area contributed by atoms with E-state index in [0.717, 1.165) is 18.1 Å². The summed E-state index contributed by atoms with van der Waals surface area (Å²) >= 11 is 0. The summed E-state index contributed by atoms with van der Waals surface area (Å²) < 4.78 is 10.6. The van der Waals surface area contributed by atoms with Crippen LogP contribution in [0.15, 0.2) is 29.3 Å². The van der Waals surface area contributed by atoms with Crippen molar-refractivity contribution in [2.24, 2.45) is 4.99 Å². The standard InChI is InChI=1S/C17H27N3O3/c1-6-22-16(21)14-8-10-15(11-9-14)23-13-7-12-18-17(19(2)3)20(4)5/h8-11H,6-7,12-13H2,1-5H3. The van der Waals surface area contributed by atoms with Gasteiger partial charge in [0.05, 0.1) is 18.8 Å². The average Bonchev–Trinajstić information content (AvgIpc) is 2.50. The SMILES string of the molecule is CCOC(=O)c1ccc(OCCCN=C(N(C)C)N(C)C)cc1. The Morgan fingerprint density at radius 1 is 1.09 bits per heavy atom. The number of hydrogen-bond donors (Lipinski definition) is 0. The van der Waals surface area contributed by atoms with E-state index in [1.54, 1.807) is 31.2 Å². The molecule has 0 aromatic heterocycles. The molecule has 128 valence electrons. The third kappa shape index (κ3) is 6.59. The fourth-order valence-electron chi connectivity index (χ4n) is 2.02. The Bertz CT molecular complexity index is 500. The molecule has 0 radical (unpaired) electrons. The number of guanidine groups is 1. The largest absolute Gasteiger partial charge is 0.494 e. The summed E-state index contributed by atoms with van der Waals surface area (Å²) in [7, 11) is 7.89. The Morgan fingerprint density at radius 2 is 1.70 bits per heavy atom. The molecule has 0 bridgehead atoms. The molecule has 0 heterocycles. The third-order valence-electron chi connectivity index (χ3n) is 2.99. The van der Waals surface area contributed by atoms with Crippen molar-refractivity contribution in [1.82, 2.24) is 9.80 Å². The summed E-state index contributed by atoms with van der Waals surface area (Å²) in [5, 5.41) is 0. The van der Waals surface area contributed by atoms with Gasteiger partial charge in [0.15, 0.2) is 5.96 Å². The molecule has 6 nitrogen and oxygen atoms in total. The first-order valence-electron chi connectivity index (χ1n) is 7.74. The van der Waals surface area contributed by atoms with Crippen LogP contribution in [0.3, 0.4) is 0 Å². The van der Waals surface area contributed by atoms with Crippen molar-refractivity contribution in [1.29, 1.82) is 0 Å². The molecule has 0 spiro atoms. The Hall–Kier alpha value is -2.24. The highest BCUT2D eigenvalue weighted by atomic mass is 16.5. The van der Waals surface area contributed by atoms with Crippen molar-refractivity contribution in [3.05, 3.63) is 29.8 Å². The van der Waals surface area contributed by atoms with Gasteiger partial charge in [-0.2, -0.15) is 0 Å². The first kappa shape index (κ1) is 18.8. The number of esters is 1. The zero-order chi connectivity index (χ0) is 17.2. The van der Waals surface area contributed by atoms with Crippen LogP contribution in [0.2, 0.25) is 0 Å². The molecule has 0 aliphatic carbocycles. The van der Waals surface area contributed by atoms with Crippen LogP contribution in [-0.4, -0.2) is 69.7 Å². The molecule has 0 unspecified atom stereocenters. The highest BCUT2D eigenvalue weighted by molar-refractivity contribution is 5.89. The van der Waals surface area contributed by atoms with E-state index in [1.807, 2.05) is 38.0 Å². The van der Waals surface area contributed by atoms with Crippen LogP contribution in [0.5, 0.6) is 5.75 Å². The smallest absolute Gasteiger partial charge is 0.338 e. The first-order valence-corrected chi connectivity index (χ1v) is 7.74. The molecule has 1 rings (SSSR count). The predicted octanol–water partition coefficient (Wildman–Crippen LogP) is 2.11. The Labute approximate surface area is 138 Å². The second kappa shape index (κ2) is 9.71. The number of aliphatic imine (C=N–C) groups is 1. The predicted molar refractivity (Wildman–Crippen MR) is 92.2 cm³/mol. The van der Waals surface area contributed by atoms with E-state index in [1.165, 1.54) is 0 Å². The van der Waals surface area contributed by atoms with Crippen molar-refractivity contribution < 1.29 is 14.3 Å². The molecule has 1 aromatic carbocycles. The lowest BCUT2D eigenvalue weighted by Gasteiger charge is -2.22. The normalized spacial score (nSPS) is 9.96. The lowest BCUT2D eigenvalue weighted by Crippen LogP contribution is -2.35. The third-order valence-corrected chi connectivity index (χ3v) is 2.99. The van der Waals surface area contributed by atoms with Gasteiger partial charge in [0.25, 0.3) is 0 Å². The van der Waals surface area contributed by atoms with Gasteiger partial charge in [-0.15, -0.1) is 0 Å². The fourth-order valence-corrected chi connectivity index (χ4v) is 2.02. The minimum atomic E-state index is -0.312. The number of ether oxygens (including phenoxy) is 2. The van der Waals surface area contributed by atoms with Crippen LogP contribution in [0.4, 0.5) is 0 Å². The molecule has 0 N–H and O–H groups in total. The van der Waals surface area contributed by atoms with E-state index in [2.05, 4.69) is 4.99 Å². The van der Waals surface area contributed by atoms with E-state index in [4.69, 9.17) is 9.47 Å². The van der Waals surface area contributed by atoms with Gasteiger partial charge >= 0.3 is 5.97 Å².